The Labute approximate surface area is 127 Å². The topological polar surface area (TPSA) is 57.0 Å². The van der Waals surface area contributed by atoms with Crippen molar-refractivity contribution in [3.05, 3.63) is 17.7 Å². The second-order valence-electron chi connectivity index (χ2n) is 5.31. The molecule has 1 saturated heterocycles. The molecule has 5 nitrogen and oxygen atoms in total. The van der Waals surface area contributed by atoms with Gasteiger partial charge < -0.3 is 19.9 Å². The molecule has 1 fully saturated rings. The molecule has 1 heterocycles. The quantitative estimate of drug-likeness (QED) is 0.870. The van der Waals surface area contributed by atoms with E-state index in [1.165, 1.54) is 0 Å². The molecule has 0 saturated carbocycles. The summed E-state index contributed by atoms with van der Waals surface area (Å²) >= 11 is 0. The van der Waals surface area contributed by atoms with E-state index >= 15 is 0 Å². The van der Waals surface area contributed by atoms with Gasteiger partial charge in [-0.1, -0.05) is 6.92 Å². The molecule has 1 aliphatic heterocycles. The number of benzene rings is 1. The van der Waals surface area contributed by atoms with E-state index < -0.39 is 0 Å². The van der Waals surface area contributed by atoms with Crippen molar-refractivity contribution in [1.82, 2.24) is 4.90 Å². The number of hydrogen-bond acceptors (Lipinski definition) is 5. The second kappa shape index (κ2) is 7.00. The van der Waals surface area contributed by atoms with Crippen molar-refractivity contribution >= 4 is 0 Å². The van der Waals surface area contributed by atoms with Crippen LogP contribution in [0.25, 0.3) is 0 Å². The first-order chi connectivity index (χ1) is 10.2. The molecule has 2 rings (SSSR count). The molecule has 2 atom stereocenters. The largest absolute Gasteiger partial charge is 0.496 e. The molecule has 0 aliphatic carbocycles. The molecule has 2 unspecified atom stereocenters. The highest BCUT2D eigenvalue weighted by Gasteiger charge is 2.35. The van der Waals surface area contributed by atoms with Crippen molar-refractivity contribution in [3.8, 4) is 17.2 Å². The highest BCUT2D eigenvalue weighted by Crippen LogP contribution is 2.44. The number of ether oxygens (including phenoxy) is 3. The maximum absolute atomic E-state index is 5.97. The zero-order valence-corrected chi connectivity index (χ0v) is 13.4. The van der Waals surface area contributed by atoms with Crippen LogP contribution in [-0.2, 0) is 0 Å². The summed E-state index contributed by atoms with van der Waals surface area (Å²) in [5, 5.41) is 0. The van der Waals surface area contributed by atoms with Gasteiger partial charge in [0.15, 0.2) is 11.5 Å². The molecule has 5 heteroatoms. The maximum atomic E-state index is 5.97. The lowest BCUT2D eigenvalue weighted by Gasteiger charge is -2.29. The van der Waals surface area contributed by atoms with Gasteiger partial charge in [-0.05, 0) is 38.0 Å². The Morgan fingerprint density at radius 3 is 2.24 bits per heavy atom. The van der Waals surface area contributed by atoms with E-state index in [0.717, 1.165) is 36.6 Å². The van der Waals surface area contributed by atoms with E-state index in [9.17, 15) is 0 Å². The minimum absolute atomic E-state index is 0.273. The van der Waals surface area contributed by atoms with Crippen LogP contribution in [0.2, 0.25) is 0 Å². The smallest absolute Gasteiger partial charge is 0.164 e. The zero-order valence-electron chi connectivity index (χ0n) is 13.4. The summed E-state index contributed by atoms with van der Waals surface area (Å²) in [7, 11) is 4.97. The third-order valence-corrected chi connectivity index (χ3v) is 4.39. The van der Waals surface area contributed by atoms with Crippen LogP contribution >= 0.6 is 0 Å². The van der Waals surface area contributed by atoms with E-state index in [2.05, 4.69) is 11.8 Å². The molecule has 2 N–H and O–H groups in total. The van der Waals surface area contributed by atoms with Gasteiger partial charge in [-0.2, -0.15) is 0 Å². The van der Waals surface area contributed by atoms with Crippen molar-refractivity contribution in [2.45, 2.75) is 19.4 Å². The Morgan fingerprint density at radius 2 is 1.71 bits per heavy atom. The summed E-state index contributed by atoms with van der Waals surface area (Å²) in [5.41, 5.74) is 7.10. The molecular weight excluding hydrogens is 268 g/mol. The van der Waals surface area contributed by atoms with Gasteiger partial charge in [-0.25, -0.2) is 0 Å². The fraction of sp³-hybridized carbons (Fsp3) is 0.625. The van der Waals surface area contributed by atoms with Crippen LogP contribution < -0.4 is 19.9 Å². The van der Waals surface area contributed by atoms with Crippen LogP contribution in [0.4, 0.5) is 0 Å². The predicted octanol–water partition coefficient (Wildman–Crippen LogP) is 2.05. The first-order valence-corrected chi connectivity index (χ1v) is 7.44. The summed E-state index contributed by atoms with van der Waals surface area (Å²) in [6.45, 7) is 4.93. The second-order valence-corrected chi connectivity index (χ2v) is 5.31. The normalized spacial score (nSPS) is 22.3. The molecule has 0 amide bonds. The third-order valence-electron chi connectivity index (χ3n) is 4.39. The van der Waals surface area contributed by atoms with Crippen LogP contribution in [0.5, 0.6) is 17.2 Å². The summed E-state index contributed by atoms with van der Waals surface area (Å²) in [6, 6.07) is 4.20. The van der Waals surface area contributed by atoms with Gasteiger partial charge in [-0.15, -0.1) is 0 Å². The first kappa shape index (κ1) is 15.9. The molecule has 0 spiro atoms. The van der Waals surface area contributed by atoms with Gasteiger partial charge >= 0.3 is 0 Å². The van der Waals surface area contributed by atoms with Gasteiger partial charge in [0.2, 0.25) is 0 Å². The Balaban J connectivity index is 2.49. The van der Waals surface area contributed by atoms with Gasteiger partial charge in [0, 0.05) is 17.7 Å². The molecule has 0 bridgehead atoms. The number of nitrogens with zero attached hydrogens (tertiary/aromatic N) is 1. The van der Waals surface area contributed by atoms with Crippen molar-refractivity contribution in [2.75, 3.05) is 41.0 Å². The molecule has 0 aromatic heterocycles. The summed E-state index contributed by atoms with van der Waals surface area (Å²) in [6.07, 6.45) is 1.12. The van der Waals surface area contributed by atoms with Crippen LogP contribution in [0.1, 0.15) is 24.9 Å². The minimum atomic E-state index is 0.273. The molecular formula is C16H26N2O3. The van der Waals surface area contributed by atoms with E-state index in [4.69, 9.17) is 19.9 Å². The third kappa shape index (κ3) is 2.94. The Morgan fingerprint density at radius 1 is 1.10 bits per heavy atom. The van der Waals surface area contributed by atoms with Crippen LogP contribution in [0.15, 0.2) is 12.1 Å². The van der Waals surface area contributed by atoms with E-state index in [0.29, 0.717) is 18.2 Å². The van der Waals surface area contributed by atoms with Crippen LogP contribution in [-0.4, -0.2) is 45.9 Å². The fourth-order valence-corrected chi connectivity index (χ4v) is 3.26. The zero-order chi connectivity index (χ0) is 15.4. The molecule has 118 valence electrons. The molecule has 1 aliphatic rings. The average molecular weight is 294 g/mol. The molecule has 1 aromatic rings. The van der Waals surface area contributed by atoms with Gasteiger partial charge in [0.25, 0.3) is 0 Å². The molecule has 1 aromatic carbocycles. The first-order valence-electron chi connectivity index (χ1n) is 7.44. The predicted molar refractivity (Wildman–Crippen MR) is 83.2 cm³/mol. The lowest BCUT2D eigenvalue weighted by Crippen LogP contribution is -2.28. The Hall–Kier alpha value is -1.46. The van der Waals surface area contributed by atoms with Crippen molar-refractivity contribution in [1.29, 1.82) is 0 Å². The van der Waals surface area contributed by atoms with Crippen molar-refractivity contribution in [2.24, 2.45) is 11.7 Å². The lowest BCUT2D eigenvalue weighted by molar-refractivity contribution is 0.234. The monoisotopic (exact) mass is 294 g/mol. The van der Waals surface area contributed by atoms with E-state index in [-0.39, 0.29) is 6.04 Å². The number of methoxy groups -OCH3 is 3. The SMILES string of the molecule is CCN1CCC(CN)C1c1cc(OC)c(OC)cc1OC. The highest BCUT2D eigenvalue weighted by atomic mass is 16.5. The highest BCUT2D eigenvalue weighted by molar-refractivity contribution is 5.52. The lowest BCUT2D eigenvalue weighted by atomic mass is 9.92. The molecule has 21 heavy (non-hydrogen) atoms. The summed E-state index contributed by atoms with van der Waals surface area (Å²) in [4.78, 5) is 2.45. The number of rotatable bonds is 6. The Kier molecular flexibility index (Phi) is 5.31. The Bertz CT molecular complexity index is 467. The van der Waals surface area contributed by atoms with E-state index in [1.54, 1.807) is 21.3 Å². The average Bonchev–Trinajstić information content (AvgIpc) is 2.96. The van der Waals surface area contributed by atoms with Crippen molar-refractivity contribution < 1.29 is 14.2 Å². The van der Waals surface area contributed by atoms with E-state index in [1.807, 2.05) is 12.1 Å². The fourth-order valence-electron chi connectivity index (χ4n) is 3.26. The van der Waals surface area contributed by atoms with Gasteiger partial charge in [-0.3, -0.25) is 4.90 Å². The van der Waals surface area contributed by atoms with Gasteiger partial charge in [0.1, 0.15) is 5.75 Å². The maximum Gasteiger partial charge on any atom is 0.164 e. The molecule has 0 radical (unpaired) electrons. The standard InChI is InChI=1S/C16H26N2O3/c1-5-18-7-6-11(10-17)16(18)12-8-14(20-3)15(21-4)9-13(12)19-2/h8-9,11,16H,5-7,10,17H2,1-4H3. The summed E-state index contributed by atoms with van der Waals surface area (Å²) < 4.78 is 16.4. The number of nitrogens with two attached hydrogens (primary N) is 1. The van der Waals surface area contributed by atoms with Gasteiger partial charge in [0.05, 0.1) is 21.3 Å². The van der Waals surface area contributed by atoms with Crippen molar-refractivity contribution in [3.63, 3.8) is 0 Å². The number of hydrogen-bond donors (Lipinski definition) is 1. The number of likely N-dealkylation sites (tertiary alicyclic amines) is 1. The van der Waals surface area contributed by atoms with Crippen LogP contribution in [0, 0.1) is 5.92 Å². The van der Waals surface area contributed by atoms with Crippen LogP contribution in [0.3, 0.4) is 0 Å². The minimum Gasteiger partial charge on any atom is -0.496 e. The summed E-state index contributed by atoms with van der Waals surface area (Å²) in [5.74, 6) is 2.68.